The molecule has 0 unspecified atom stereocenters. The second-order valence-corrected chi connectivity index (χ2v) is 14.2. The number of fused-ring (bicyclic) bond motifs is 3. The van der Waals surface area contributed by atoms with Crippen molar-refractivity contribution in [2.45, 2.75) is 0 Å². The number of rotatable bonds is 8. The molecule has 1 heterocycles. The molecule has 1 aromatic heterocycles. The number of para-hydroxylation sites is 1. The molecular weight excluding hydrogens is 679 g/mol. The highest BCUT2D eigenvalue weighted by molar-refractivity contribution is 6.05. The van der Waals surface area contributed by atoms with Gasteiger partial charge in [0, 0.05) is 27.8 Å². The van der Waals surface area contributed by atoms with Crippen molar-refractivity contribution < 1.29 is 4.42 Å². The van der Waals surface area contributed by atoms with E-state index in [4.69, 9.17) is 4.42 Å². The summed E-state index contributed by atoms with van der Waals surface area (Å²) in [5.74, 6) is 0. The van der Waals surface area contributed by atoms with Gasteiger partial charge in [-0.3, -0.25) is 0 Å². The van der Waals surface area contributed by atoms with Crippen LogP contribution < -0.4 is 4.90 Å². The van der Waals surface area contributed by atoms with Crippen molar-refractivity contribution in [1.29, 1.82) is 0 Å². The SMILES string of the molecule is c1ccc(-c2ccc(-c3ccc(N(c4ccc(-c5ccc(-c6ccccc6)cc5)cc4)c4ccc(-c5ccc6c(c5)oc5ccccc56)cc4)cc3)cc2)cc1. The number of furan rings is 1. The zero-order valence-electron chi connectivity index (χ0n) is 30.7. The highest BCUT2D eigenvalue weighted by Crippen LogP contribution is 2.39. The molecule has 0 spiro atoms. The first-order chi connectivity index (χ1) is 27.7. The van der Waals surface area contributed by atoms with Crippen LogP contribution in [0.25, 0.3) is 77.6 Å². The van der Waals surface area contributed by atoms with E-state index in [0.29, 0.717) is 0 Å². The first-order valence-corrected chi connectivity index (χ1v) is 19.1. The lowest BCUT2D eigenvalue weighted by Crippen LogP contribution is -2.09. The lowest BCUT2D eigenvalue weighted by atomic mass is 9.99. The predicted octanol–water partition coefficient (Wildman–Crippen LogP) is 15.4. The van der Waals surface area contributed by atoms with Gasteiger partial charge in [0.2, 0.25) is 0 Å². The van der Waals surface area contributed by atoms with E-state index in [9.17, 15) is 0 Å². The standard InChI is InChI=1S/C54H37NO/c1-3-9-38(10-4-1)40-15-19-42(20-16-40)44-23-30-48(31-24-44)55(49-32-25-45(26-33-49)43-21-17-41(18-22-43)39-11-5-2-6-12-39)50-34-27-46(28-35-50)47-29-36-52-51-13-7-8-14-53(51)56-54(52)37-47/h1-37H. The van der Waals surface area contributed by atoms with Crippen molar-refractivity contribution in [2.75, 3.05) is 4.90 Å². The summed E-state index contributed by atoms with van der Waals surface area (Å²) in [7, 11) is 0. The Bertz CT molecular complexity index is 2770. The maximum atomic E-state index is 6.22. The third-order valence-electron chi connectivity index (χ3n) is 10.7. The van der Waals surface area contributed by atoms with Gasteiger partial charge in [0.25, 0.3) is 0 Å². The number of hydrogen-bond acceptors (Lipinski definition) is 2. The Kier molecular flexibility index (Phi) is 8.55. The van der Waals surface area contributed by atoms with E-state index in [-0.39, 0.29) is 0 Å². The van der Waals surface area contributed by atoms with E-state index in [1.54, 1.807) is 0 Å². The minimum Gasteiger partial charge on any atom is -0.456 e. The lowest BCUT2D eigenvalue weighted by molar-refractivity contribution is 0.669. The summed E-state index contributed by atoms with van der Waals surface area (Å²) < 4.78 is 6.22. The molecule has 0 amide bonds. The van der Waals surface area contributed by atoms with Gasteiger partial charge in [-0.2, -0.15) is 0 Å². The molecule has 0 N–H and O–H groups in total. The van der Waals surface area contributed by atoms with Crippen molar-refractivity contribution in [3.05, 3.63) is 224 Å². The van der Waals surface area contributed by atoms with Crippen molar-refractivity contribution in [2.24, 2.45) is 0 Å². The fraction of sp³-hybridized carbons (Fsp3) is 0. The molecule has 0 bridgehead atoms. The van der Waals surface area contributed by atoms with Gasteiger partial charge in [0.15, 0.2) is 0 Å². The van der Waals surface area contributed by atoms with E-state index >= 15 is 0 Å². The smallest absolute Gasteiger partial charge is 0.136 e. The molecule has 0 aliphatic heterocycles. The van der Waals surface area contributed by atoms with E-state index in [0.717, 1.165) is 50.1 Å². The molecule has 264 valence electrons. The minimum atomic E-state index is 0.902. The summed E-state index contributed by atoms with van der Waals surface area (Å²) in [4.78, 5) is 2.33. The van der Waals surface area contributed by atoms with Crippen molar-refractivity contribution >= 4 is 39.0 Å². The molecule has 2 nitrogen and oxygen atoms in total. The average Bonchev–Trinajstić information content (AvgIpc) is 3.66. The van der Waals surface area contributed by atoms with Crippen molar-refractivity contribution in [3.63, 3.8) is 0 Å². The van der Waals surface area contributed by atoms with Crippen LogP contribution in [0.1, 0.15) is 0 Å². The van der Waals surface area contributed by atoms with Crippen LogP contribution in [0.3, 0.4) is 0 Å². The molecule has 0 fully saturated rings. The molecule has 0 saturated carbocycles. The Balaban J connectivity index is 0.974. The molecule has 0 aliphatic rings. The Morgan fingerprint density at radius 3 is 0.964 bits per heavy atom. The second-order valence-electron chi connectivity index (χ2n) is 14.2. The van der Waals surface area contributed by atoms with Gasteiger partial charge in [-0.25, -0.2) is 0 Å². The monoisotopic (exact) mass is 715 g/mol. The number of anilines is 3. The van der Waals surface area contributed by atoms with Gasteiger partial charge in [-0.1, -0.05) is 170 Å². The fourth-order valence-electron chi connectivity index (χ4n) is 7.73. The first-order valence-electron chi connectivity index (χ1n) is 19.1. The van der Waals surface area contributed by atoms with Crippen LogP contribution in [0.15, 0.2) is 229 Å². The zero-order chi connectivity index (χ0) is 37.3. The number of hydrogen-bond donors (Lipinski definition) is 0. The largest absolute Gasteiger partial charge is 0.456 e. The molecule has 0 aliphatic carbocycles. The highest BCUT2D eigenvalue weighted by Gasteiger charge is 2.15. The normalized spacial score (nSPS) is 11.2. The van der Waals surface area contributed by atoms with E-state index in [1.807, 2.05) is 12.1 Å². The number of nitrogens with zero attached hydrogens (tertiary/aromatic N) is 1. The molecule has 10 aromatic rings. The van der Waals surface area contributed by atoms with Crippen LogP contribution in [0.2, 0.25) is 0 Å². The van der Waals surface area contributed by atoms with Crippen LogP contribution in [-0.2, 0) is 0 Å². The molecule has 9 aromatic carbocycles. The van der Waals surface area contributed by atoms with E-state index in [2.05, 4.69) is 217 Å². The Morgan fingerprint density at radius 1 is 0.232 bits per heavy atom. The maximum absolute atomic E-state index is 6.22. The third-order valence-corrected chi connectivity index (χ3v) is 10.7. The van der Waals surface area contributed by atoms with Crippen LogP contribution in [0.4, 0.5) is 17.1 Å². The summed E-state index contributed by atoms with van der Waals surface area (Å²) in [6.07, 6.45) is 0. The van der Waals surface area contributed by atoms with Gasteiger partial charge in [-0.05, 0) is 110 Å². The Labute approximate surface area is 327 Å². The molecule has 10 rings (SSSR count). The summed E-state index contributed by atoms with van der Waals surface area (Å²) in [6.45, 7) is 0. The van der Waals surface area contributed by atoms with Gasteiger partial charge >= 0.3 is 0 Å². The fourth-order valence-corrected chi connectivity index (χ4v) is 7.73. The summed E-state index contributed by atoms with van der Waals surface area (Å²) >= 11 is 0. The van der Waals surface area contributed by atoms with E-state index in [1.165, 1.54) is 44.5 Å². The zero-order valence-corrected chi connectivity index (χ0v) is 30.7. The summed E-state index contributed by atoms with van der Waals surface area (Å²) in [5.41, 5.74) is 17.0. The topological polar surface area (TPSA) is 16.4 Å². The maximum Gasteiger partial charge on any atom is 0.136 e. The van der Waals surface area contributed by atoms with Crippen molar-refractivity contribution in [1.82, 2.24) is 0 Å². The molecule has 0 atom stereocenters. The van der Waals surface area contributed by atoms with Crippen LogP contribution in [0, 0.1) is 0 Å². The minimum absolute atomic E-state index is 0.902. The van der Waals surface area contributed by atoms with Gasteiger partial charge < -0.3 is 9.32 Å². The molecular formula is C54H37NO. The van der Waals surface area contributed by atoms with Crippen LogP contribution >= 0.6 is 0 Å². The Morgan fingerprint density at radius 2 is 0.536 bits per heavy atom. The van der Waals surface area contributed by atoms with Gasteiger partial charge in [0.05, 0.1) is 0 Å². The van der Waals surface area contributed by atoms with Crippen LogP contribution in [0.5, 0.6) is 0 Å². The molecule has 0 saturated heterocycles. The lowest BCUT2D eigenvalue weighted by Gasteiger charge is -2.26. The molecule has 56 heavy (non-hydrogen) atoms. The third kappa shape index (κ3) is 6.44. The van der Waals surface area contributed by atoms with Crippen LogP contribution in [-0.4, -0.2) is 0 Å². The first kappa shape index (κ1) is 33.2. The Hall–Kier alpha value is -7.42. The predicted molar refractivity (Wildman–Crippen MR) is 236 cm³/mol. The summed E-state index contributed by atoms with van der Waals surface area (Å²) in [5, 5.41) is 2.28. The quantitative estimate of drug-likeness (QED) is 0.156. The summed E-state index contributed by atoms with van der Waals surface area (Å²) in [6, 6.07) is 80.0. The van der Waals surface area contributed by atoms with Crippen molar-refractivity contribution in [3.8, 4) is 55.6 Å². The molecule has 2 heteroatoms. The average molecular weight is 716 g/mol. The van der Waals surface area contributed by atoms with E-state index < -0.39 is 0 Å². The van der Waals surface area contributed by atoms with Gasteiger partial charge in [-0.15, -0.1) is 0 Å². The molecule has 0 radical (unpaired) electrons. The number of benzene rings is 9. The second kappa shape index (κ2) is 14.4. The van der Waals surface area contributed by atoms with Gasteiger partial charge in [0.1, 0.15) is 11.2 Å². The highest BCUT2D eigenvalue weighted by atomic mass is 16.3.